The van der Waals surface area contributed by atoms with Gasteiger partial charge >= 0.3 is 0 Å². The van der Waals surface area contributed by atoms with Crippen LogP contribution in [0.5, 0.6) is 0 Å². The molecule has 2 aromatic heterocycles. The van der Waals surface area contributed by atoms with E-state index in [-0.39, 0.29) is 27.9 Å². The molecule has 0 atom stereocenters. The molecule has 0 amide bonds. The van der Waals surface area contributed by atoms with Gasteiger partial charge in [0.05, 0.1) is 11.2 Å². The summed E-state index contributed by atoms with van der Waals surface area (Å²) >= 11 is 11.4. The molecule has 2 rings (SSSR count). The quantitative estimate of drug-likeness (QED) is 0.851. The molecule has 0 aliphatic rings. The molecule has 19 heavy (non-hydrogen) atoms. The standard InChI is InChI=1S/C11H12Cl2N4O2/c1-11(2,3)10-15-7(19-16-10)5-17-9(18)8(13)6(12)4-14-17/h4H,5H2,1-3H3. The van der Waals surface area contributed by atoms with Gasteiger partial charge < -0.3 is 4.52 Å². The summed E-state index contributed by atoms with van der Waals surface area (Å²) in [5, 5.41) is 7.77. The highest BCUT2D eigenvalue weighted by Gasteiger charge is 2.21. The first kappa shape index (κ1) is 14.0. The minimum atomic E-state index is -0.496. The number of rotatable bonds is 2. The van der Waals surface area contributed by atoms with Crippen LogP contribution in [0.1, 0.15) is 32.5 Å². The Hall–Kier alpha value is -1.40. The first-order chi connectivity index (χ1) is 8.79. The third-order valence-electron chi connectivity index (χ3n) is 2.37. The van der Waals surface area contributed by atoms with Crippen molar-refractivity contribution in [1.82, 2.24) is 19.9 Å². The van der Waals surface area contributed by atoms with Gasteiger partial charge in [-0.05, 0) is 0 Å². The van der Waals surface area contributed by atoms with E-state index in [0.717, 1.165) is 4.68 Å². The van der Waals surface area contributed by atoms with Gasteiger partial charge in [-0.15, -0.1) is 0 Å². The zero-order valence-electron chi connectivity index (χ0n) is 10.6. The Morgan fingerprint density at radius 2 is 2.05 bits per heavy atom. The minimum Gasteiger partial charge on any atom is -0.337 e. The first-order valence-electron chi connectivity index (χ1n) is 5.53. The van der Waals surface area contributed by atoms with Gasteiger partial charge in [0.25, 0.3) is 5.56 Å². The molecule has 0 spiro atoms. The molecule has 6 nitrogen and oxygen atoms in total. The van der Waals surface area contributed by atoms with Gasteiger partial charge in [-0.25, -0.2) is 4.68 Å². The lowest BCUT2D eigenvalue weighted by molar-refractivity contribution is 0.351. The van der Waals surface area contributed by atoms with Crippen molar-refractivity contribution in [2.45, 2.75) is 32.7 Å². The second kappa shape index (κ2) is 4.94. The Kier molecular flexibility index (Phi) is 3.64. The van der Waals surface area contributed by atoms with Crippen LogP contribution in [-0.2, 0) is 12.0 Å². The maximum absolute atomic E-state index is 11.8. The lowest BCUT2D eigenvalue weighted by Gasteiger charge is -2.10. The molecule has 0 saturated carbocycles. The third kappa shape index (κ3) is 2.96. The van der Waals surface area contributed by atoms with Gasteiger partial charge in [-0.2, -0.15) is 10.1 Å². The number of hydrogen-bond acceptors (Lipinski definition) is 5. The zero-order valence-corrected chi connectivity index (χ0v) is 12.2. The van der Waals surface area contributed by atoms with Crippen LogP contribution in [0.4, 0.5) is 0 Å². The summed E-state index contributed by atoms with van der Waals surface area (Å²) in [6.45, 7) is 5.94. The molecular weight excluding hydrogens is 291 g/mol. The van der Waals surface area contributed by atoms with Crippen LogP contribution in [0.15, 0.2) is 15.5 Å². The van der Waals surface area contributed by atoms with Gasteiger partial charge in [0.2, 0.25) is 5.89 Å². The third-order valence-corrected chi connectivity index (χ3v) is 3.11. The molecule has 0 bridgehead atoms. The van der Waals surface area contributed by atoms with Crippen molar-refractivity contribution in [3.05, 3.63) is 38.3 Å². The maximum atomic E-state index is 11.8. The Morgan fingerprint density at radius 3 is 2.63 bits per heavy atom. The summed E-state index contributed by atoms with van der Waals surface area (Å²) in [5.41, 5.74) is -0.720. The van der Waals surface area contributed by atoms with Crippen molar-refractivity contribution in [3.63, 3.8) is 0 Å². The molecule has 0 fully saturated rings. The van der Waals surface area contributed by atoms with Crippen molar-refractivity contribution in [1.29, 1.82) is 0 Å². The largest absolute Gasteiger partial charge is 0.337 e. The molecule has 0 aliphatic heterocycles. The Balaban J connectivity index is 2.30. The highest BCUT2D eigenvalue weighted by Crippen LogP contribution is 2.19. The molecule has 102 valence electrons. The second-order valence-corrected chi connectivity index (χ2v) is 5.82. The van der Waals surface area contributed by atoms with Crippen LogP contribution < -0.4 is 5.56 Å². The van der Waals surface area contributed by atoms with E-state index in [2.05, 4.69) is 15.2 Å². The van der Waals surface area contributed by atoms with Gasteiger partial charge in [0.15, 0.2) is 5.82 Å². The predicted octanol–water partition coefficient (Wildman–Crippen LogP) is 2.28. The summed E-state index contributed by atoms with van der Waals surface area (Å²) in [7, 11) is 0. The zero-order chi connectivity index (χ0) is 14.2. The molecular formula is C11H12Cl2N4O2. The van der Waals surface area contributed by atoms with Gasteiger partial charge in [-0.1, -0.05) is 49.1 Å². The highest BCUT2D eigenvalue weighted by atomic mass is 35.5. The Morgan fingerprint density at radius 1 is 1.37 bits per heavy atom. The Labute approximate surface area is 119 Å². The second-order valence-electron chi connectivity index (χ2n) is 5.03. The van der Waals surface area contributed by atoms with E-state index in [9.17, 15) is 4.79 Å². The number of halogens is 2. The smallest absolute Gasteiger partial charge is 0.287 e. The van der Waals surface area contributed by atoms with Crippen LogP contribution in [0.3, 0.4) is 0 Å². The normalized spacial score (nSPS) is 11.8. The molecule has 0 aromatic carbocycles. The molecule has 0 radical (unpaired) electrons. The topological polar surface area (TPSA) is 73.8 Å². The SMILES string of the molecule is CC(C)(C)c1noc(Cn2ncc(Cl)c(Cl)c2=O)n1. The van der Waals surface area contributed by atoms with E-state index in [1.54, 1.807) is 0 Å². The molecule has 8 heteroatoms. The van der Waals surface area contributed by atoms with Crippen LogP contribution in [0, 0.1) is 0 Å². The van der Waals surface area contributed by atoms with E-state index in [1.807, 2.05) is 20.8 Å². The highest BCUT2D eigenvalue weighted by molar-refractivity contribution is 6.41. The molecule has 0 saturated heterocycles. The van der Waals surface area contributed by atoms with Crippen LogP contribution in [0.2, 0.25) is 10.0 Å². The Bertz CT molecular complexity index is 657. The van der Waals surface area contributed by atoms with E-state index >= 15 is 0 Å². The monoisotopic (exact) mass is 302 g/mol. The molecule has 0 unspecified atom stereocenters. The van der Waals surface area contributed by atoms with Gasteiger partial charge in [0, 0.05) is 5.41 Å². The average Bonchev–Trinajstić information content (AvgIpc) is 2.78. The van der Waals surface area contributed by atoms with E-state index in [4.69, 9.17) is 27.7 Å². The van der Waals surface area contributed by atoms with Crippen molar-refractivity contribution in [2.24, 2.45) is 0 Å². The fraction of sp³-hybridized carbons (Fsp3) is 0.455. The summed E-state index contributed by atoms with van der Waals surface area (Å²) in [6, 6.07) is 0. The van der Waals surface area contributed by atoms with Crippen LogP contribution in [-0.4, -0.2) is 19.9 Å². The molecule has 0 aliphatic carbocycles. The minimum absolute atomic E-state index is 0.0544. The molecule has 2 heterocycles. The molecule has 0 N–H and O–H groups in total. The van der Waals surface area contributed by atoms with E-state index in [1.165, 1.54) is 6.20 Å². The van der Waals surface area contributed by atoms with E-state index in [0.29, 0.717) is 5.82 Å². The lowest BCUT2D eigenvalue weighted by Crippen LogP contribution is -2.24. The van der Waals surface area contributed by atoms with Crippen molar-refractivity contribution in [2.75, 3.05) is 0 Å². The first-order valence-corrected chi connectivity index (χ1v) is 6.29. The number of hydrogen-bond donors (Lipinski definition) is 0. The van der Waals surface area contributed by atoms with Crippen LogP contribution >= 0.6 is 23.2 Å². The van der Waals surface area contributed by atoms with Gasteiger partial charge in [-0.3, -0.25) is 4.79 Å². The lowest BCUT2D eigenvalue weighted by atomic mass is 9.96. The summed E-state index contributed by atoms with van der Waals surface area (Å²) in [6.07, 6.45) is 1.30. The van der Waals surface area contributed by atoms with Crippen molar-refractivity contribution >= 4 is 23.2 Å². The fourth-order valence-corrected chi connectivity index (χ4v) is 1.58. The summed E-state index contributed by atoms with van der Waals surface area (Å²) in [5.74, 6) is 0.855. The average molecular weight is 303 g/mol. The van der Waals surface area contributed by atoms with Crippen molar-refractivity contribution in [3.8, 4) is 0 Å². The summed E-state index contributed by atoms with van der Waals surface area (Å²) < 4.78 is 6.20. The predicted molar refractivity (Wildman–Crippen MR) is 70.6 cm³/mol. The number of nitrogens with zero attached hydrogens (tertiary/aromatic N) is 4. The van der Waals surface area contributed by atoms with E-state index < -0.39 is 5.56 Å². The van der Waals surface area contributed by atoms with Crippen LogP contribution in [0.25, 0.3) is 0 Å². The van der Waals surface area contributed by atoms with Gasteiger partial charge in [0.1, 0.15) is 11.6 Å². The fourth-order valence-electron chi connectivity index (χ4n) is 1.31. The molecule has 2 aromatic rings. The van der Waals surface area contributed by atoms with Crippen molar-refractivity contribution < 1.29 is 4.52 Å². The number of aromatic nitrogens is 4. The maximum Gasteiger partial charge on any atom is 0.287 e. The summed E-state index contributed by atoms with van der Waals surface area (Å²) in [4.78, 5) is 16.0.